The maximum atomic E-state index is 10.1. The van der Waals surface area contributed by atoms with Crippen LogP contribution in [0.4, 0.5) is 0 Å². The van der Waals surface area contributed by atoms with E-state index in [2.05, 4.69) is 5.18 Å². The quantitative estimate of drug-likeness (QED) is 0.344. The Labute approximate surface area is 62.5 Å². The predicted molar refractivity (Wildman–Crippen MR) is 38.2 cm³/mol. The molecule has 0 saturated heterocycles. The van der Waals surface area contributed by atoms with Crippen LogP contribution in [0.5, 0.6) is 0 Å². The number of hydrogen-bond acceptors (Lipinski definition) is 4. The minimum Gasteiger partial charge on any atom is -0.259 e. The number of rotatable bonds is 2. The van der Waals surface area contributed by atoms with E-state index in [9.17, 15) is 15.0 Å². The van der Waals surface area contributed by atoms with Crippen molar-refractivity contribution in [3.63, 3.8) is 0 Å². The Hall–Kier alpha value is -1.52. The smallest absolute Gasteiger partial charge is 0.246 e. The van der Waals surface area contributed by atoms with Gasteiger partial charge in [-0.15, -0.1) is 4.91 Å². The van der Waals surface area contributed by atoms with Gasteiger partial charge in [0.2, 0.25) is 5.70 Å². The highest BCUT2D eigenvalue weighted by Gasteiger charge is 2.14. The lowest BCUT2D eigenvalue weighted by molar-refractivity contribution is -0.428. The summed E-state index contributed by atoms with van der Waals surface area (Å²) in [6, 6.07) is 0. The minimum atomic E-state index is -0.446. The van der Waals surface area contributed by atoms with E-state index in [0.29, 0.717) is 18.5 Å². The first-order valence-electron chi connectivity index (χ1n) is 3.11. The molecule has 5 nitrogen and oxygen atoms in total. The van der Waals surface area contributed by atoms with Gasteiger partial charge in [-0.1, -0.05) is 0 Å². The number of allylic oxidation sites excluding steroid dienone is 4. The molecule has 0 spiro atoms. The molecule has 1 aliphatic carbocycles. The van der Waals surface area contributed by atoms with E-state index in [1.165, 1.54) is 12.2 Å². The van der Waals surface area contributed by atoms with Gasteiger partial charge in [-0.05, 0) is 11.3 Å². The van der Waals surface area contributed by atoms with Gasteiger partial charge < -0.3 is 0 Å². The van der Waals surface area contributed by atoms with Crippen LogP contribution in [-0.4, -0.2) is 4.92 Å². The Morgan fingerprint density at radius 1 is 1.45 bits per heavy atom. The Kier molecular flexibility index (Phi) is 2.10. The van der Waals surface area contributed by atoms with Gasteiger partial charge in [0.25, 0.3) is 0 Å². The standard InChI is InChI=1S/C6H6N2O3/c9-7-5-1-3-6(4-2-5)8(10)11/h1,3H,2,4H2. The Morgan fingerprint density at radius 2 is 2.18 bits per heavy atom. The number of hydrogen-bond donors (Lipinski definition) is 0. The summed E-state index contributed by atoms with van der Waals surface area (Å²) < 4.78 is 0. The molecule has 0 heterocycles. The molecule has 0 aromatic rings. The zero-order chi connectivity index (χ0) is 8.27. The Balaban J connectivity index is 2.76. The van der Waals surface area contributed by atoms with Crippen molar-refractivity contribution in [1.29, 1.82) is 0 Å². The zero-order valence-corrected chi connectivity index (χ0v) is 5.69. The molecule has 0 unspecified atom stereocenters. The molecule has 1 rings (SSSR count). The Bertz CT molecular complexity index is 255. The van der Waals surface area contributed by atoms with Crippen LogP contribution in [0.2, 0.25) is 0 Å². The number of nitroso groups, excluding NO2 is 1. The highest BCUT2D eigenvalue weighted by atomic mass is 16.6. The fourth-order valence-electron chi connectivity index (χ4n) is 0.843. The van der Waals surface area contributed by atoms with Crippen molar-refractivity contribution in [3.8, 4) is 0 Å². The van der Waals surface area contributed by atoms with Crippen molar-refractivity contribution in [2.24, 2.45) is 5.18 Å². The molecule has 0 N–H and O–H groups in total. The Morgan fingerprint density at radius 3 is 2.55 bits per heavy atom. The maximum Gasteiger partial charge on any atom is 0.246 e. The van der Waals surface area contributed by atoms with Crippen LogP contribution in [-0.2, 0) is 0 Å². The summed E-state index contributed by atoms with van der Waals surface area (Å²) in [5.74, 6) is 0. The van der Waals surface area contributed by atoms with Crippen molar-refractivity contribution in [2.75, 3.05) is 0 Å². The first-order valence-corrected chi connectivity index (χ1v) is 3.11. The zero-order valence-electron chi connectivity index (χ0n) is 5.69. The van der Waals surface area contributed by atoms with Gasteiger partial charge in [-0.2, -0.15) is 0 Å². The maximum absolute atomic E-state index is 10.1. The van der Waals surface area contributed by atoms with Gasteiger partial charge >= 0.3 is 0 Å². The summed E-state index contributed by atoms with van der Waals surface area (Å²) in [6.45, 7) is 0. The van der Waals surface area contributed by atoms with Crippen molar-refractivity contribution < 1.29 is 4.92 Å². The average molecular weight is 154 g/mol. The molecule has 0 aromatic heterocycles. The molecule has 0 fully saturated rings. The van der Waals surface area contributed by atoms with Crippen LogP contribution in [0.15, 0.2) is 28.7 Å². The molecular weight excluding hydrogens is 148 g/mol. The van der Waals surface area contributed by atoms with Gasteiger partial charge in [-0.25, -0.2) is 0 Å². The molecule has 5 heteroatoms. The van der Waals surface area contributed by atoms with Crippen LogP contribution in [0.3, 0.4) is 0 Å². The van der Waals surface area contributed by atoms with E-state index in [1.807, 2.05) is 0 Å². The molecule has 11 heavy (non-hydrogen) atoms. The van der Waals surface area contributed by atoms with E-state index >= 15 is 0 Å². The largest absolute Gasteiger partial charge is 0.259 e. The first-order chi connectivity index (χ1) is 5.24. The van der Waals surface area contributed by atoms with Crippen LogP contribution in [0.25, 0.3) is 0 Å². The van der Waals surface area contributed by atoms with Gasteiger partial charge in [0.05, 0.1) is 10.6 Å². The van der Waals surface area contributed by atoms with E-state index in [1.54, 1.807) is 0 Å². The van der Waals surface area contributed by atoms with Crippen molar-refractivity contribution >= 4 is 0 Å². The third-order valence-corrected chi connectivity index (χ3v) is 1.46. The summed E-state index contributed by atoms with van der Waals surface area (Å²) in [6.07, 6.45) is 3.37. The van der Waals surface area contributed by atoms with Crippen LogP contribution in [0.1, 0.15) is 12.8 Å². The monoisotopic (exact) mass is 154 g/mol. The van der Waals surface area contributed by atoms with E-state index in [-0.39, 0.29) is 5.70 Å². The fourth-order valence-corrected chi connectivity index (χ4v) is 0.843. The van der Waals surface area contributed by atoms with Gasteiger partial charge in [0.1, 0.15) is 0 Å². The normalized spacial score (nSPS) is 16.7. The molecule has 1 aliphatic rings. The molecule has 0 atom stereocenters. The molecule has 0 amide bonds. The second-order valence-corrected chi connectivity index (χ2v) is 2.16. The van der Waals surface area contributed by atoms with E-state index < -0.39 is 4.92 Å². The van der Waals surface area contributed by atoms with Crippen molar-refractivity contribution in [3.05, 3.63) is 38.6 Å². The molecule has 0 aliphatic heterocycles. The predicted octanol–water partition coefficient (Wildman–Crippen LogP) is 1.59. The van der Waals surface area contributed by atoms with Crippen LogP contribution >= 0.6 is 0 Å². The molecule has 0 saturated carbocycles. The molecule has 0 aromatic carbocycles. The van der Waals surface area contributed by atoms with Crippen LogP contribution in [0, 0.1) is 15.0 Å². The second kappa shape index (κ2) is 3.05. The summed E-state index contributed by atoms with van der Waals surface area (Å²) in [5.41, 5.74) is 0.507. The number of nitrogens with zero attached hydrogens (tertiary/aromatic N) is 2. The molecule has 0 radical (unpaired) electrons. The van der Waals surface area contributed by atoms with E-state index in [0.717, 1.165) is 0 Å². The van der Waals surface area contributed by atoms with Crippen molar-refractivity contribution in [2.45, 2.75) is 12.8 Å². The second-order valence-electron chi connectivity index (χ2n) is 2.16. The topological polar surface area (TPSA) is 72.6 Å². The van der Waals surface area contributed by atoms with Gasteiger partial charge in [-0.3, -0.25) is 10.1 Å². The SMILES string of the molecule is O=NC1=CC=C([N+](=O)[O-])CC1. The molecular formula is C6H6N2O3. The lowest BCUT2D eigenvalue weighted by Crippen LogP contribution is -2.01. The summed E-state index contributed by atoms with van der Waals surface area (Å²) in [5, 5.41) is 12.8. The lowest BCUT2D eigenvalue weighted by atomic mass is 10.1. The third kappa shape index (κ3) is 1.70. The summed E-state index contributed by atoms with van der Waals surface area (Å²) >= 11 is 0. The summed E-state index contributed by atoms with van der Waals surface area (Å²) in [7, 11) is 0. The first kappa shape index (κ1) is 7.59. The van der Waals surface area contributed by atoms with Gasteiger partial charge in [0, 0.05) is 18.9 Å². The van der Waals surface area contributed by atoms with Gasteiger partial charge in [0.15, 0.2) is 0 Å². The minimum absolute atomic E-state index is 0.136. The third-order valence-electron chi connectivity index (χ3n) is 1.46. The average Bonchev–Trinajstić information content (AvgIpc) is 2.05. The molecule has 0 bridgehead atoms. The fraction of sp³-hybridized carbons (Fsp3) is 0.333. The highest BCUT2D eigenvalue weighted by Crippen LogP contribution is 2.18. The molecule has 58 valence electrons. The van der Waals surface area contributed by atoms with Crippen molar-refractivity contribution in [1.82, 2.24) is 0 Å². The highest BCUT2D eigenvalue weighted by molar-refractivity contribution is 5.19. The lowest BCUT2D eigenvalue weighted by Gasteiger charge is -2.01. The van der Waals surface area contributed by atoms with Crippen LogP contribution < -0.4 is 0 Å². The number of nitro groups is 1. The summed E-state index contributed by atoms with van der Waals surface area (Å²) in [4.78, 5) is 19.6. The van der Waals surface area contributed by atoms with E-state index in [4.69, 9.17) is 0 Å².